The number of aromatic nitrogens is 2. The molecule has 0 aliphatic heterocycles. The Kier molecular flexibility index (Phi) is 4.89. The second kappa shape index (κ2) is 7.43. The van der Waals surface area contributed by atoms with Gasteiger partial charge in [-0.15, -0.1) is 0 Å². The predicted molar refractivity (Wildman–Crippen MR) is 98.4 cm³/mol. The molecule has 0 bridgehead atoms. The van der Waals surface area contributed by atoms with Gasteiger partial charge in [0.25, 0.3) is 0 Å². The van der Waals surface area contributed by atoms with Crippen molar-refractivity contribution in [3.63, 3.8) is 0 Å². The number of carboxylic acid groups (broad SMARTS) is 1. The van der Waals surface area contributed by atoms with Gasteiger partial charge in [0.1, 0.15) is 5.82 Å². The number of para-hydroxylation sites is 1. The molecule has 2 aromatic carbocycles. The minimum Gasteiger partial charge on any atom is -0.478 e. The van der Waals surface area contributed by atoms with E-state index < -0.39 is 5.97 Å². The number of Topliss-reactive ketones (excluding diaryl/α,β-unsaturated/α-hetero) is 1. The van der Waals surface area contributed by atoms with E-state index in [1.807, 2.05) is 0 Å². The zero-order valence-corrected chi connectivity index (χ0v) is 13.9. The van der Waals surface area contributed by atoms with Gasteiger partial charge < -0.3 is 15.7 Å². The maximum Gasteiger partial charge on any atom is 0.337 e. The Morgan fingerprint density at radius 3 is 2.58 bits per heavy atom. The summed E-state index contributed by atoms with van der Waals surface area (Å²) in [5.74, 6) is -0.292. The average molecular weight is 348 g/mol. The number of carbonyl (C=O) groups is 2. The normalized spacial score (nSPS) is 10.2. The molecule has 1 heterocycles. The molecule has 0 amide bonds. The fourth-order valence-corrected chi connectivity index (χ4v) is 2.35. The van der Waals surface area contributed by atoms with Gasteiger partial charge in [0.15, 0.2) is 5.78 Å². The Hall–Kier alpha value is -3.74. The van der Waals surface area contributed by atoms with E-state index in [9.17, 15) is 14.7 Å². The Bertz CT molecular complexity index is 972. The first-order chi connectivity index (χ1) is 12.5. The third kappa shape index (κ3) is 4.02. The van der Waals surface area contributed by atoms with Crippen molar-refractivity contribution >= 4 is 34.9 Å². The molecular formula is C19H16N4O3. The number of ketones is 1. The number of hydrogen-bond donors (Lipinski definition) is 3. The summed E-state index contributed by atoms with van der Waals surface area (Å²) in [7, 11) is 0. The molecule has 7 heteroatoms. The van der Waals surface area contributed by atoms with Crippen LogP contribution < -0.4 is 10.6 Å². The number of rotatable bonds is 6. The van der Waals surface area contributed by atoms with Gasteiger partial charge in [-0.05, 0) is 37.3 Å². The second-order valence-electron chi connectivity index (χ2n) is 5.50. The Balaban J connectivity index is 1.82. The smallest absolute Gasteiger partial charge is 0.337 e. The minimum atomic E-state index is -1.03. The monoisotopic (exact) mass is 348 g/mol. The molecule has 0 saturated heterocycles. The van der Waals surface area contributed by atoms with Crippen molar-refractivity contribution in [3.8, 4) is 0 Å². The van der Waals surface area contributed by atoms with E-state index in [0.717, 1.165) is 0 Å². The van der Waals surface area contributed by atoms with E-state index in [1.54, 1.807) is 54.7 Å². The summed E-state index contributed by atoms with van der Waals surface area (Å²) in [4.78, 5) is 31.2. The van der Waals surface area contributed by atoms with Gasteiger partial charge in [0, 0.05) is 17.4 Å². The molecule has 130 valence electrons. The van der Waals surface area contributed by atoms with E-state index in [2.05, 4.69) is 20.6 Å². The molecule has 7 nitrogen and oxygen atoms in total. The fourth-order valence-electron chi connectivity index (χ4n) is 2.35. The highest BCUT2D eigenvalue weighted by Gasteiger charge is 2.10. The number of carboxylic acids is 1. The Labute approximate surface area is 149 Å². The maximum atomic E-state index is 11.5. The Morgan fingerprint density at radius 1 is 1.00 bits per heavy atom. The highest BCUT2D eigenvalue weighted by atomic mass is 16.4. The van der Waals surface area contributed by atoms with Crippen molar-refractivity contribution in [3.05, 3.63) is 71.9 Å². The van der Waals surface area contributed by atoms with Crippen LogP contribution >= 0.6 is 0 Å². The minimum absolute atomic E-state index is 0.0322. The van der Waals surface area contributed by atoms with Gasteiger partial charge in [-0.25, -0.2) is 9.78 Å². The summed E-state index contributed by atoms with van der Waals surface area (Å²) in [6, 6.07) is 15.2. The van der Waals surface area contributed by atoms with Crippen LogP contribution in [0.5, 0.6) is 0 Å². The SMILES string of the molecule is CC(=O)c1cccc(Nc2nccc(Nc3ccccc3C(=O)O)n2)c1. The van der Waals surface area contributed by atoms with Crippen molar-refractivity contribution in [1.29, 1.82) is 0 Å². The average Bonchev–Trinajstić information content (AvgIpc) is 2.62. The first-order valence-corrected chi connectivity index (χ1v) is 7.83. The summed E-state index contributed by atoms with van der Waals surface area (Å²) in [6.45, 7) is 1.50. The topological polar surface area (TPSA) is 104 Å². The largest absolute Gasteiger partial charge is 0.478 e. The molecular weight excluding hydrogens is 332 g/mol. The fraction of sp³-hybridized carbons (Fsp3) is 0.0526. The van der Waals surface area contributed by atoms with Crippen LogP contribution in [0.3, 0.4) is 0 Å². The molecule has 0 atom stereocenters. The van der Waals surface area contributed by atoms with Crippen LogP contribution in [0.1, 0.15) is 27.6 Å². The zero-order chi connectivity index (χ0) is 18.5. The van der Waals surface area contributed by atoms with Crippen LogP contribution in [0.4, 0.5) is 23.1 Å². The molecule has 0 radical (unpaired) electrons. The van der Waals surface area contributed by atoms with Crippen LogP contribution in [-0.4, -0.2) is 26.8 Å². The first-order valence-electron chi connectivity index (χ1n) is 7.83. The number of anilines is 4. The van der Waals surface area contributed by atoms with Crippen LogP contribution in [0.2, 0.25) is 0 Å². The van der Waals surface area contributed by atoms with Crippen molar-refractivity contribution in [2.45, 2.75) is 6.92 Å². The van der Waals surface area contributed by atoms with E-state index in [0.29, 0.717) is 28.7 Å². The van der Waals surface area contributed by atoms with Gasteiger partial charge in [-0.2, -0.15) is 4.98 Å². The summed E-state index contributed by atoms with van der Waals surface area (Å²) in [5, 5.41) is 15.3. The lowest BCUT2D eigenvalue weighted by Gasteiger charge is -2.10. The summed E-state index contributed by atoms with van der Waals surface area (Å²) >= 11 is 0. The van der Waals surface area contributed by atoms with Crippen molar-refractivity contribution in [2.24, 2.45) is 0 Å². The number of hydrogen-bond acceptors (Lipinski definition) is 6. The molecule has 0 spiro atoms. The molecule has 0 fully saturated rings. The number of benzene rings is 2. The quantitative estimate of drug-likeness (QED) is 0.581. The van der Waals surface area contributed by atoms with Crippen LogP contribution in [-0.2, 0) is 0 Å². The van der Waals surface area contributed by atoms with Crippen LogP contribution in [0.15, 0.2) is 60.8 Å². The lowest BCUT2D eigenvalue weighted by Crippen LogP contribution is -2.05. The van der Waals surface area contributed by atoms with Crippen LogP contribution in [0, 0.1) is 0 Å². The third-order valence-corrected chi connectivity index (χ3v) is 3.60. The van der Waals surface area contributed by atoms with Gasteiger partial charge in [0.05, 0.1) is 11.3 Å². The molecule has 0 aliphatic rings. The lowest BCUT2D eigenvalue weighted by molar-refractivity contribution is 0.0697. The zero-order valence-electron chi connectivity index (χ0n) is 13.9. The van der Waals surface area contributed by atoms with Gasteiger partial charge >= 0.3 is 5.97 Å². The Morgan fingerprint density at radius 2 is 1.81 bits per heavy atom. The number of carbonyl (C=O) groups excluding carboxylic acids is 1. The molecule has 3 aromatic rings. The highest BCUT2D eigenvalue weighted by molar-refractivity contribution is 5.95. The summed E-state index contributed by atoms with van der Waals surface area (Å²) < 4.78 is 0. The standard InChI is InChI=1S/C19H16N4O3/c1-12(24)13-5-4-6-14(11-13)21-19-20-10-9-17(23-19)22-16-8-3-2-7-15(16)18(25)26/h2-11H,1H3,(H,25,26)(H2,20,21,22,23). The lowest BCUT2D eigenvalue weighted by atomic mass is 10.1. The summed E-state index contributed by atoms with van der Waals surface area (Å²) in [5.41, 5.74) is 1.85. The van der Waals surface area contributed by atoms with Crippen molar-refractivity contribution < 1.29 is 14.7 Å². The molecule has 26 heavy (non-hydrogen) atoms. The predicted octanol–water partition coefficient (Wildman–Crippen LogP) is 3.86. The van der Waals surface area contributed by atoms with Crippen LogP contribution in [0.25, 0.3) is 0 Å². The van der Waals surface area contributed by atoms with E-state index >= 15 is 0 Å². The number of nitrogens with zero attached hydrogens (tertiary/aromatic N) is 2. The van der Waals surface area contributed by atoms with E-state index in [1.165, 1.54) is 13.0 Å². The molecule has 0 unspecified atom stereocenters. The molecule has 0 saturated carbocycles. The highest BCUT2D eigenvalue weighted by Crippen LogP contribution is 2.21. The van der Waals surface area contributed by atoms with Gasteiger partial charge in [-0.3, -0.25) is 4.79 Å². The van der Waals surface area contributed by atoms with Crippen molar-refractivity contribution in [1.82, 2.24) is 9.97 Å². The molecule has 3 N–H and O–H groups in total. The maximum absolute atomic E-state index is 11.5. The third-order valence-electron chi connectivity index (χ3n) is 3.60. The first kappa shape index (κ1) is 17.1. The van der Waals surface area contributed by atoms with Gasteiger partial charge in [-0.1, -0.05) is 24.3 Å². The van der Waals surface area contributed by atoms with E-state index in [4.69, 9.17) is 0 Å². The van der Waals surface area contributed by atoms with Gasteiger partial charge in [0.2, 0.25) is 5.95 Å². The second-order valence-corrected chi connectivity index (χ2v) is 5.50. The number of nitrogens with one attached hydrogen (secondary N) is 2. The number of aromatic carboxylic acids is 1. The molecule has 3 rings (SSSR count). The van der Waals surface area contributed by atoms with Crippen molar-refractivity contribution in [2.75, 3.05) is 10.6 Å². The summed E-state index contributed by atoms with van der Waals surface area (Å²) in [6.07, 6.45) is 1.55. The van der Waals surface area contributed by atoms with E-state index in [-0.39, 0.29) is 11.3 Å². The molecule has 1 aromatic heterocycles. The molecule has 0 aliphatic carbocycles.